The maximum atomic E-state index is 6.73. The van der Waals surface area contributed by atoms with Gasteiger partial charge in [-0.15, -0.1) is 0 Å². The van der Waals surface area contributed by atoms with E-state index < -0.39 is 0 Å². The van der Waals surface area contributed by atoms with Gasteiger partial charge in [-0.25, -0.2) is 4.98 Å². The van der Waals surface area contributed by atoms with Gasteiger partial charge in [-0.2, -0.15) is 0 Å². The van der Waals surface area contributed by atoms with Crippen LogP contribution in [-0.4, -0.2) is 16.7 Å². The summed E-state index contributed by atoms with van der Waals surface area (Å²) in [5, 5.41) is 0. The summed E-state index contributed by atoms with van der Waals surface area (Å²) in [6.45, 7) is 3.17. The van der Waals surface area contributed by atoms with Crippen LogP contribution < -0.4 is 10.5 Å². The molecule has 0 bridgehead atoms. The lowest BCUT2D eigenvalue weighted by Gasteiger charge is -2.33. The number of nitrogens with two attached hydrogens (primary N) is 1. The van der Waals surface area contributed by atoms with Gasteiger partial charge in [0.25, 0.3) is 0 Å². The highest BCUT2D eigenvalue weighted by molar-refractivity contribution is 5.78. The van der Waals surface area contributed by atoms with E-state index in [4.69, 9.17) is 15.5 Å². The van der Waals surface area contributed by atoms with Crippen LogP contribution in [0.2, 0.25) is 0 Å². The van der Waals surface area contributed by atoms with E-state index >= 15 is 0 Å². The normalized spacial score (nSPS) is 18.0. The van der Waals surface area contributed by atoms with E-state index in [2.05, 4.69) is 17.6 Å². The molecule has 1 aliphatic carbocycles. The number of nitrogens with zero attached hydrogens (tertiary/aromatic N) is 2. The minimum absolute atomic E-state index is 0.264. The van der Waals surface area contributed by atoms with E-state index in [9.17, 15) is 0 Å². The maximum Gasteiger partial charge on any atom is 0.130 e. The highest BCUT2D eigenvalue weighted by Gasteiger charge is 2.34. The number of methoxy groups -OCH3 is 1. The van der Waals surface area contributed by atoms with Crippen molar-refractivity contribution in [2.75, 3.05) is 7.11 Å². The van der Waals surface area contributed by atoms with Gasteiger partial charge in [0.2, 0.25) is 0 Å². The molecule has 1 fully saturated rings. The number of imidazole rings is 1. The predicted octanol–water partition coefficient (Wildman–Crippen LogP) is 3.57. The van der Waals surface area contributed by atoms with Gasteiger partial charge in [-0.05, 0) is 31.4 Å². The fourth-order valence-electron chi connectivity index (χ4n) is 3.47. The van der Waals surface area contributed by atoms with Gasteiger partial charge in [-0.1, -0.05) is 26.2 Å². The first-order chi connectivity index (χ1) is 10.2. The molecule has 3 rings (SSSR count). The van der Waals surface area contributed by atoms with Crippen molar-refractivity contribution in [2.24, 2.45) is 5.73 Å². The number of hydrogen-bond acceptors (Lipinski definition) is 3. The fraction of sp³-hybridized carbons (Fsp3) is 0.588. The Morgan fingerprint density at radius 1 is 1.29 bits per heavy atom. The zero-order valence-electron chi connectivity index (χ0n) is 13.1. The molecule has 1 aliphatic rings. The van der Waals surface area contributed by atoms with Gasteiger partial charge >= 0.3 is 0 Å². The molecule has 0 radical (unpaired) electrons. The topological polar surface area (TPSA) is 53.1 Å². The van der Waals surface area contributed by atoms with Crippen LogP contribution in [0.1, 0.15) is 51.3 Å². The highest BCUT2D eigenvalue weighted by Crippen LogP contribution is 2.36. The number of benzene rings is 1. The van der Waals surface area contributed by atoms with Crippen LogP contribution in [0, 0.1) is 0 Å². The largest absolute Gasteiger partial charge is 0.497 e. The van der Waals surface area contributed by atoms with Crippen molar-refractivity contribution in [3.8, 4) is 5.75 Å². The zero-order chi connectivity index (χ0) is 14.9. The fourth-order valence-corrected chi connectivity index (χ4v) is 3.47. The number of hydrogen-bond donors (Lipinski definition) is 1. The second-order valence-electron chi connectivity index (χ2n) is 6.16. The lowest BCUT2D eigenvalue weighted by atomic mass is 9.82. The van der Waals surface area contributed by atoms with Crippen LogP contribution in [0.4, 0.5) is 0 Å². The molecule has 1 saturated carbocycles. The molecular formula is C17H25N3O. The molecule has 1 heterocycles. The summed E-state index contributed by atoms with van der Waals surface area (Å²) in [5.74, 6) is 1.91. The summed E-state index contributed by atoms with van der Waals surface area (Å²) >= 11 is 0. The average Bonchev–Trinajstić information content (AvgIpc) is 2.87. The smallest absolute Gasteiger partial charge is 0.130 e. The van der Waals surface area contributed by atoms with E-state index in [-0.39, 0.29) is 5.54 Å². The van der Waals surface area contributed by atoms with Crippen molar-refractivity contribution in [3.63, 3.8) is 0 Å². The number of ether oxygens (including phenoxy) is 1. The molecule has 0 spiro atoms. The molecule has 2 N–H and O–H groups in total. The van der Waals surface area contributed by atoms with Crippen molar-refractivity contribution in [1.82, 2.24) is 9.55 Å². The molecule has 4 heteroatoms. The highest BCUT2D eigenvalue weighted by atomic mass is 16.5. The summed E-state index contributed by atoms with van der Waals surface area (Å²) in [6, 6.07) is 6.12. The van der Waals surface area contributed by atoms with Gasteiger partial charge in [-0.3, -0.25) is 0 Å². The summed E-state index contributed by atoms with van der Waals surface area (Å²) < 4.78 is 7.64. The first-order valence-corrected chi connectivity index (χ1v) is 8.01. The summed E-state index contributed by atoms with van der Waals surface area (Å²) in [7, 11) is 1.69. The Morgan fingerprint density at radius 2 is 2.05 bits per heavy atom. The first kappa shape index (κ1) is 14.4. The second kappa shape index (κ2) is 5.68. The third kappa shape index (κ3) is 2.53. The van der Waals surface area contributed by atoms with Crippen molar-refractivity contribution in [1.29, 1.82) is 0 Å². The molecule has 21 heavy (non-hydrogen) atoms. The monoisotopic (exact) mass is 287 g/mol. The van der Waals surface area contributed by atoms with Gasteiger partial charge in [0.05, 0.1) is 23.7 Å². The molecule has 1 aromatic carbocycles. The van der Waals surface area contributed by atoms with E-state index in [1.165, 1.54) is 24.8 Å². The standard InChI is InChI=1S/C17H25N3O/c1-3-11-20-15-8-7-13(21-2)12-14(15)19-16(20)17(18)9-5-4-6-10-17/h7-8,12H,3-6,9-11,18H2,1-2H3. The summed E-state index contributed by atoms with van der Waals surface area (Å²) in [5.41, 5.74) is 8.63. The molecule has 114 valence electrons. The molecule has 0 saturated heterocycles. The van der Waals surface area contributed by atoms with Gasteiger partial charge in [0.1, 0.15) is 11.6 Å². The number of aryl methyl sites for hydroxylation is 1. The molecule has 4 nitrogen and oxygen atoms in total. The SMILES string of the molecule is CCCn1c(C2(N)CCCCC2)nc2cc(OC)ccc21. The molecule has 0 atom stereocenters. The lowest BCUT2D eigenvalue weighted by molar-refractivity contribution is 0.278. The summed E-state index contributed by atoms with van der Waals surface area (Å²) in [4.78, 5) is 4.89. The number of aromatic nitrogens is 2. The van der Waals surface area contributed by atoms with E-state index in [0.29, 0.717) is 0 Å². The van der Waals surface area contributed by atoms with Crippen molar-refractivity contribution in [2.45, 2.75) is 57.5 Å². The maximum absolute atomic E-state index is 6.73. The van der Waals surface area contributed by atoms with Crippen molar-refractivity contribution in [3.05, 3.63) is 24.0 Å². The lowest BCUT2D eigenvalue weighted by Crippen LogP contribution is -2.41. The van der Waals surface area contributed by atoms with E-state index in [0.717, 1.165) is 42.9 Å². The van der Waals surface area contributed by atoms with Crippen LogP contribution in [-0.2, 0) is 12.1 Å². The molecule has 1 aromatic heterocycles. The average molecular weight is 287 g/mol. The third-order valence-electron chi connectivity index (χ3n) is 4.59. The third-order valence-corrected chi connectivity index (χ3v) is 4.59. The molecule has 0 unspecified atom stereocenters. The van der Waals surface area contributed by atoms with Crippen molar-refractivity contribution >= 4 is 11.0 Å². The Morgan fingerprint density at radius 3 is 2.71 bits per heavy atom. The number of rotatable bonds is 4. The Hall–Kier alpha value is -1.55. The molecule has 2 aromatic rings. The van der Waals surface area contributed by atoms with Crippen LogP contribution in [0.5, 0.6) is 5.75 Å². The van der Waals surface area contributed by atoms with Crippen LogP contribution in [0.3, 0.4) is 0 Å². The zero-order valence-corrected chi connectivity index (χ0v) is 13.1. The van der Waals surface area contributed by atoms with Gasteiger partial charge in [0.15, 0.2) is 0 Å². The van der Waals surface area contributed by atoms with E-state index in [1.807, 2.05) is 12.1 Å². The summed E-state index contributed by atoms with van der Waals surface area (Å²) in [6.07, 6.45) is 6.86. The Balaban J connectivity index is 2.13. The predicted molar refractivity (Wildman–Crippen MR) is 85.5 cm³/mol. The quantitative estimate of drug-likeness (QED) is 0.935. The van der Waals surface area contributed by atoms with Crippen LogP contribution in [0.25, 0.3) is 11.0 Å². The first-order valence-electron chi connectivity index (χ1n) is 8.01. The Labute approximate surface area is 126 Å². The van der Waals surface area contributed by atoms with Crippen molar-refractivity contribution < 1.29 is 4.74 Å². The van der Waals surface area contributed by atoms with E-state index in [1.54, 1.807) is 7.11 Å². The van der Waals surface area contributed by atoms with Gasteiger partial charge in [0, 0.05) is 12.6 Å². The van der Waals surface area contributed by atoms with Crippen LogP contribution in [0.15, 0.2) is 18.2 Å². The number of fused-ring (bicyclic) bond motifs is 1. The van der Waals surface area contributed by atoms with Crippen LogP contribution >= 0.6 is 0 Å². The molecular weight excluding hydrogens is 262 g/mol. The minimum atomic E-state index is -0.264. The van der Waals surface area contributed by atoms with Gasteiger partial charge < -0.3 is 15.0 Å². The second-order valence-corrected chi connectivity index (χ2v) is 6.16. The molecule has 0 aliphatic heterocycles. The Kier molecular flexibility index (Phi) is 3.89. The minimum Gasteiger partial charge on any atom is -0.497 e. The Bertz CT molecular complexity index is 626. The molecule has 0 amide bonds.